The van der Waals surface area contributed by atoms with E-state index in [1.165, 1.54) is 13.8 Å². The van der Waals surface area contributed by atoms with Crippen molar-refractivity contribution in [3.8, 4) is 0 Å². The van der Waals surface area contributed by atoms with Crippen molar-refractivity contribution < 1.29 is 19.2 Å². The highest BCUT2D eigenvalue weighted by atomic mass is 16.2. The number of nitrogens with one attached hydrogen (secondary N) is 5. The molecule has 21 heavy (non-hydrogen) atoms. The third kappa shape index (κ3) is 9.35. The zero-order chi connectivity index (χ0) is 16.5. The Kier molecular flexibility index (Phi) is 7.94. The van der Waals surface area contributed by atoms with Gasteiger partial charge in [-0.2, -0.15) is 0 Å². The Morgan fingerprint density at radius 3 is 1.71 bits per heavy atom. The first-order chi connectivity index (χ1) is 9.70. The summed E-state index contributed by atoms with van der Waals surface area (Å²) in [7, 11) is 0. The molecule has 10 nitrogen and oxygen atoms in total. The fourth-order valence-electron chi connectivity index (χ4n) is 1.45. The SMILES string of the molecule is CC(C)(NC(=O)CC(=O)NC[NH])NC(=O)CC(=O)NCN. The minimum atomic E-state index is -1.13. The van der Waals surface area contributed by atoms with Crippen LogP contribution in [0.25, 0.3) is 0 Å². The molecular formula is C11H21N6O4. The van der Waals surface area contributed by atoms with Gasteiger partial charge in [0.15, 0.2) is 0 Å². The predicted molar refractivity (Wildman–Crippen MR) is 72.9 cm³/mol. The normalized spacial score (nSPS) is 10.5. The highest BCUT2D eigenvalue weighted by Gasteiger charge is 2.24. The molecule has 1 radical (unpaired) electrons. The number of hydrogen-bond donors (Lipinski definition) is 5. The smallest absolute Gasteiger partial charge is 0.231 e. The summed E-state index contributed by atoms with van der Waals surface area (Å²) >= 11 is 0. The van der Waals surface area contributed by atoms with Gasteiger partial charge in [-0.1, -0.05) is 0 Å². The number of nitrogens with two attached hydrogens (primary N) is 1. The second kappa shape index (κ2) is 8.87. The summed E-state index contributed by atoms with van der Waals surface area (Å²) < 4.78 is 0. The minimum Gasteiger partial charge on any atom is -0.343 e. The molecule has 0 aromatic carbocycles. The Morgan fingerprint density at radius 2 is 1.33 bits per heavy atom. The van der Waals surface area contributed by atoms with Gasteiger partial charge in [-0.3, -0.25) is 19.2 Å². The molecule has 0 bridgehead atoms. The molecule has 0 saturated carbocycles. The maximum Gasteiger partial charge on any atom is 0.231 e. The van der Waals surface area contributed by atoms with Crippen LogP contribution in [0, 0.1) is 0 Å². The molecule has 0 saturated heterocycles. The molecule has 7 N–H and O–H groups in total. The Bertz CT molecular complexity index is 374. The molecule has 0 aromatic heterocycles. The lowest BCUT2D eigenvalue weighted by molar-refractivity contribution is -0.131. The van der Waals surface area contributed by atoms with Gasteiger partial charge in [0, 0.05) is 0 Å². The quantitative estimate of drug-likeness (QED) is 0.239. The molecule has 0 rings (SSSR count). The molecule has 0 aromatic rings. The first-order valence-corrected chi connectivity index (χ1v) is 6.20. The number of rotatable bonds is 8. The maximum absolute atomic E-state index is 11.6. The fourth-order valence-corrected chi connectivity index (χ4v) is 1.45. The number of carbonyl (C=O) groups excluding carboxylic acids is 4. The number of hydrogen-bond acceptors (Lipinski definition) is 5. The lowest BCUT2D eigenvalue weighted by Gasteiger charge is -2.27. The van der Waals surface area contributed by atoms with E-state index in [1.54, 1.807) is 0 Å². The molecule has 0 atom stereocenters. The van der Waals surface area contributed by atoms with Crippen molar-refractivity contribution in [2.24, 2.45) is 5.73 Å². The molecular weight excluding hydrogens is 280 g/mol. The average Bonchev–Trinajstić information content (AvgIpc) is 2.26. The Morgan fingerprint density at radius 1 is 0.905 bits per heavy atom. The van der Waals surface area contributed by atoms with Crippen molar-refractivity contribution in [1.82, 2.24) is 27.0 Å². The van der Waals surface area contributed by atoms with Gasteiger partial charge in [-0.25, -0.2) is 5.73 Å². The van der Waals surface area contributed by atoms with Crippen LogP contribution in [0.3, 0.4) is 0 Å². The van der Waals surface area contributed by atoms with Gasteiger partial charge < -0.3 is 27.0 Å². The van der Waals surface area contributed by atoms with Gasteiger partial charge in [-0.15, -0.1) is 0 Å². The van der Waals surface area contributed by atoms with Crippen molar-refractivity contribution in [2.45, 2.75) is 32.4 Å². The highest BCUT2D eigenvalue weighted by molar-refractivity contribution is 5.98. The standard InChI is InChI=1S/C11H21N6O4/c1-11(2,16-9(20)3-7(18)14-5-12)17-10(21)4-8(19)15-6-13/h12H,3-6,13H2,1-2H3,(H,14,18)(H,15,19)(H,16,20)(H,17,21). The first kappa shape index (κ1) is 18.8. The zero-order valence-electron chi connectivity index (χ0n) is 12.0. The molecule has 0 aliphatic rings. The zero-order valence-corrected chi connectivity index (χ0v) is 12.0. The van der Waals surface area contributed by atoms with Crippen LogP contribution < -0.4 is 32.7 Å². The third-order valence-electron chi connectivity index (χ3n) is 2.13. The summed E-state index contributed by atoms with van der Waals surface area (Å²) in [4.78, 5) is 45.5. The Balaban J connectivity index is 4.29. The molecule has 0 spiro atoms. The molecule has 0 heterocycles. The van der Waals surface area contributed by atoms with E-state index in [4.69, 9.17) is 11.5 Å². The van der Waals surface area contributed by atoms with Gasteiger partial charge in [-0.05, 0) is 13.8 Å². The van der Waals surface area contributed by atoms with E-state index in [1.807, 2.05) is 0 Å². The van der Waals surface area contributed by atoms with Crippen LogP contribution in [0.5, 0.6) is 0 Å². The van der Waals surface area contributed by atoms with Crippen molar-refractivity contribution in [1.29, 1.82) is 0 Å². The monoisotopic (exact) mass is 301 g/mol. The third-order valence-corrected chi connectivity index (χ3v) is 2.13. The van der Waals surface area contributed by atoms with Crippen LogP contribution >= 0.6 is 0 Å². The van der Waals surface area contributed by atoms with Crippen LogP contribution in [-0.4, -0.2) is 42.6 Å². The highest BCUT2D eigenvalue weighted by Crippen LogP contribution is 1.99. The summed E-state index contributed by atoms with van der Waals surface area (Å²) in [6, 6.07) is 0. The van der Waals surface area contributed by atoms with Crippen molar-refractivity contribution >= 4 is 23.6 Å². The second-order valence-corrected chi connectivity index (χ2v) is 4.66. The van der Waals surface area contributed by atoms with Crippen molar-refractivity contribution in [2.75, 3.05) is 13.3 Å². The number of amides is 4. The average molecular weight is 301 g/mol. The second-order valence-electron chi connectivity index (χ2n) is 4.66. The lowest BCUT2D eigenvalue weighted by Crippen LogP contribution is -2.57. The summed E-state index contributed by atoms with van der Waals surface area (Å²) in [5, 5.41) is 9.29. The van der Waals surface area contributed by atoms with E-state index >= 15 is 0 Å². The Labute approximate surface area is 122 Å². The van der Waals surface area contributed by atoms with Crippen LogP contribution in [-0.2, 0) is 19.2 Å². The molecule has 0 fully saturated rings. The molecule has 4 amide bonds. The van der Waals surface area contributed by atoms with Gasteiger partial charge >= 0.3 is 0 Å². The molecule has 0 aliphatic carbocycles. The summed E-state index contributed by atoms with van der Waals surface area (Å²) in [5.41, 5.74) is 10.8. The largest absolute Gasteiger partial charge is 0.343 e. The van der Waals surface area contributed by atoms with Crippen LogP contribution in [0.2, 0.25) is 0 Å². The van der Waals surface area contributed by atoms with Crippen molar-refractivity contribution in [3.05, 3.63) is 0 Å². The van der Waals surface area contributed by atoms with Gasteiger partial charge in [0.2, 0.25) is 23.6 Å². The van der Waals surface area contributed by atoms with Crippen molar-refractivity contribution in [3.63, 3.8) is 0 Å². The minimum absolute atomic E-state index is 0.0721. The van der Waals surface area contributed by atoms with E-state index in [0.717, 1.165) is 0 Å². The summed E-state index contributed by atoms with van der Waals surface area (Å²) in [6.45, 7) is 2.62. The fraction of sp³-hybridized carbons (Fsp3) is 0.636. The summed E-state index contributed by atoms with van der Waals surface area (Å²) in [6.07, 6.45) is -0.873. The van der Waals surface area contributed by atoms with E-state index in [9.17, 15) is 19.2 Å². The van der Waals surface area contributed by atoms with Gasteiger partial charge in [0.25, 0.3) is 0 Å². The molecule has 0 unspecified atom stereocenters. The van der Waals surface area contributed by atoms with E-state index < -0.39 is 42.1 Å². The molecule has 0 aliphatic heterocycles. The summed E-state index contributed by atoms with van der Waals surface area (Å²) in [5.74, 6) is -2.33. The van der Waals surface area contributed by atoms with Gasteiger partial charge in [0.05, 0.1) is 13.3 Å². The van der Waals surface area contributed by atoms with E-state index in [-0.39, 0.29) is 13.3 Å². The molecule has 10 heteroatoms. The first-order valence-electron chi connectivity index (χ1n) is 6.20. The Hall–Kier alpha value is -2.20. The van der Waals surface area contributed by atoms with Crippen LogP contribution in [0.4, 0.5) is 0 Å². The van der Waals surface area contributed by atoms with Gasteiger partial charge in [0.1, 0.15) is 18.5 Å². The van der Waals surface area contributed by atoms with E-state index in [2.05, 4.69) is 21.3 Å². The topological polar surface area (TPSA) is 166 Å². The lowest BCUT2D eigenvalue weighted by atomic mass is 10.2. The van der Waals surface area contributed by atoms with E-state index in [0.29, 0.717) is 0 Å². The van der Waals surface area contributed by atoms with Crippen LogP contribution in [0.1, 0.15) is 26.7 Å². The predicted octanol–water partition coefficient (Wildman–Crippen LogP) is -2.88. The van der Waals surface area contributed by atoms with Crippen LogP contribution in [0.15, 0.2) is 0 Å². The maximum atomic E-state index is 11.6. The molecule has 119 valence electrons. The number of carbonyl (C=O) groups is 4.